The Kier molecular flexibility index (Phi) is 9.30. The van der Waals surface area contributed by atoms with Crippen molar-refractivity contribution in [3.63, 3.8) is 0 Å². The van der Waals surface area contributed by atoms with Crippen LogP contribution in [0.1, 0.15) is 64.9 Å². The lowest BCUT2D eigenvalue weighted by atomic mass is 9.58. The Morgan fingerprint density at radius 2 is 1.89 bits per heavy atom. The average Bonchev–Trinajstić information content (AvgIpc) is 3.14. The molecule has 1 aliphatic carbocycles. The first kappa shape index (κ1) is 33.0. The number of benzene rings is 1. The monoisotopic (exact) mass is 645 g/mol. The summed E-state index contributed by atoms with van der Waals surface area (Å²) >= 11 is 0. The van der Waals surface area contributed by atoms with Crippen LogP contribution in [0.25, 0.3) is 11.3 Å². The van der Waals surface area contributed by atoms with Gasteiger partial charge < -0.3 is 35.1 Å². The number of anilines is 3. The molecule has 4 N–H and O–H groups in total. The fourth-order valence-electron chi connectivity index (χ4n) is 7.35. The highest BCUT2D eigenvalue weighted by Crippen LogP contribution is 2.55. The van der Waals surface area contributed by atoms with Gasteiger partial charge in [-0.05, 0) is 80.8 Å². The summed E-state index contributed by atoms with van der Waals surface area (Å²) in [5.74, 6) is -2.43. The molecule has 1 aromatic carbocycles. The number of aryl methyl sites for hydroxylation is 1. The van der Waals surface area contributed by atoms with Crippen LogP contribution in [0.4, 0.5) is 17.3 Å². The molecule has 47 heavy (non-hydrogen) atoms. The van der Waals surface area contributed by atoms with E-state index < -0.39 is 29.9 Å². The summed E-state index contributed by atoms with van der Waals surface area (Å²) in [5, 5.41) is 28.9. The second-order valence-corrected chi connectivity index (χ2v) is 13.4. The van der Waals surface area contributed by atoms with Crippen LogP contribution < -0.4 is 10.6 Å². The molecule has 12 nitrogen and oxygen atoms in total. The highest BCUT2D eigenvalue weighted by Gasteiger charge is 2.64. The van der Waals surface area contributed by atoms with Gasteiger partial charge in [-0.2, -0.15) is 0 Å². The van der Waals surface area contributed by atoms with Crippen LogP contribution in [0, 0.1) is 30.6 Å². The Labute approximate surface area is 274 Å². The smallest absolute Gasteiger partial charge is 0.308 e. The number of carbonyl (C=O) groups excluding carboxylic acids is 2. The third kappa shape index (κ3) is 7.01. The minimum atomic E-state index is -1.47. The Bertz CT molecular complexity index is 1600. The van der Waals surface area contributed by atoms with E-state index in [-0.39, 0.29) is 42.4 Å². The van der Waals surface area contributed by atoms with Gasteiger partial charge in [0, 0.05) is 60.2 Å². The molecule has 0 unspecified atom stereocenters. The molecule has 250 valence electrons. The van der Waals surface area contributed by atoms with Crippen LogP contribution in [-0.2, 0) is 23.8 Å². The molecule has 0 radical (unpaired) electrons. The van der Waals surface area contributed by atoms with Gasteiger partial charge in [-0.25, -0.2) is 9.97 Å². The lowest BCUT2D eigenvalue weighted by Crippen LogP contribution is -2.67. The van der Waals surface area contributed by atoms with Crippen LogP contribution >= 0.6 is 0 Å². The number of rotatable bonds is 8. The summed E-state index contributed by atoms with van der Waals surface area (Å²) in [7, 11) is 0. The maximum Gasteiger partial charge on any atom is 0.308 e. The Morgan fingerprint density at radius 3 is 2.68 bits per heavy atom. The maximum absolute atomic E-state index is 12.9. The fraction of sp³-hybridized carbons (Fsp3) is 0.514. The second-order valence-electron chi connectivity index (χ2n) is 13.4. The highest BCUT2D eigenvalue weighted by molar-refractivity contribution is 5.93. The molecule has 8 atom stereocenters. The number of ether oxygens (including phenoxy) is 3. The van der Waals surface area contributed by atoms with Crippen LogP contribution in [0.5, 0.6) is 0 Å². The van der Waals surface area contributed by atoms with E-state index in [1.807, 2.05) is 32.0 Å². The van der Waals surface area contributed by atoms with E-state index in [0.29, 0.717) is 30.2 Å². The number of amides is 1. The van der Waals surface area contributed by atoms with Crippen molar-refractivity contribution < 1.29 is 34.0 Å². The molecular weight excluding hydrogens is 602 g/mol. The van der Waals surface area contributed by atoms with E-state index in [0.717, 1.165) is 29.7 Å². The first-order valence-electron chi connectivity index (χ1n) is 16.3. The van der Waals surface area contributed by atoms with Crippen molar-refractivity contribution >= 4 is 29.2 Å². The number of hydrogen-bond acceptors (Lipinski definition) is 11. The molecule has 3 aliphatic rings. The first-order valence-corrected chi connectivity index (χ1v) is 16.3. The van der Waals surface area contributed by atoms with Crippen molar-refractivity contribution in [1.29, 1.82) is 0 Å². The third-order valence-corrected chi connectivity index (χ3v) is 9.97. The molecule has 1 saturated carbocycles. The summed E-state index contributed by atoms with van der Waals surface area (Å²) in [5.41, 5.74) is 2.47. The Hall–Kier alpha value is -3.97. The minimum Gasteiger partial charge on any atom is -0.435 e. The zero-order chi connectivity index (χ0) is 33.3. The zero-order valence-corrected chi connectivity index (χ0v) is 27.2. The van der Waals surface area contributed by atoms with E-state index in [2.05, 4.69) is 32.5 Å². The number of carbonyl (C=O) groups is 2. The van der Waals surface area contributed by atoms with Crippen molar-refractivity contribution in [2.75, 3.05) is 10.6 Å². The van der Waals surface area contributed by atoms with E-state index in [1.54, 1.807) is 43.7 Å². The number of nitrogens with one attached hydrogen (secondary N) is 2. The van der Waals surface area contributed by atoms with Gasteiger partial charge >= 0.3 is 5.97 Å². The molecule has 0 spiro atoms. The van der Waals surface area contributed by atoms with Crippen LogP contribution in [0.15, 0.2) is 55.0 Å². The predicted octanol–water partition coefficient (Wildman–Crippen LogP) is 5.08. The molecule has 2 saturated heterocycles. The van der Waals surface area contributed by atoms with Crippen molar-refractivity contribution in [1.82, 2.24) is 15.0 Å². The highest BCUT2D eigenvalue weighted by atomic mass is 16.8. The lowest BCUT2D eigenvalue weighted by Gasteiger charge is -2.57. The molecule has 3 fully saturated rings. The molecule has 6 rings (SSSR count). The number of esters is 1. The standard InChI is InChI=1S/C35H43N5O7/c1-20-8-10-26-22(3)31(46-32-35(26,44)25(20)13-15-34(4,43)47-32)45-30(42)12-11-29(41)38-24-9-7-21(2)28(18-24)40-33-37-17-14-27(39-33)23-6-5-16-36-19-23/h5-7,9,14,16-20,22,25-26,31-32,43-44H,8,10-13,15H2,1-4H3,(H,38,41)(H,37,39,40)/t20-,22-,25+,26+,31+,32-,34+,35-/m1/s1. The molecule has 12 heteroatoms. The summed E-state index contributed by atoms with van der Waals surface area (Å²) in [6, 6.07) is 11.0. The molecule has 1 amide bonds. The Morgan fingerprint density at radius 1 is 1.06 bits per heavy atom. The van der Waals surface area contributed by atoms with Gasteiger partial charge in [0.25, 0.3) is 0 Å². The molecule has 2 aliphatic heterocycles. The van der Waals surface area contributed by atoms with Gasteiger partial charge in [-0.15, -0.1) is 0 Å². The normalized spacial score (nSPS) is 31.6. The molecule has 3 aromatic rings. The van der Waals surface area contributed by atoms with Crippen LogP contribution in [0.3, 0.4) is 0 Å². The molecule has 2 aromatic heterocycles. The minimum absolute atomic E-state index is 0.103. The fourth-order valence-corrected chi connectivity index (χ4v) is 7.35. The van der Waals surface area contributed by atoms with Gasteiger partial charge in [0.1, 0.15) is 5.60 Å². The van der Waals surface area contributed by atoms with E-state index >= 15 is 0 Å². The van der Waals surface area contributed by atoms with Crippen LogP contribution in [0.2, 0.25) is 0 Å². The maximum atomic E-state index is 12.9. The summed E-state index contributed by atoms with van der Waals surface area (Å²) in [6.07, 6.45) is 5.34. The molecule has 0 bridgehead atoms. The summed E-state index contributed by atoms with van der Waals surface area (Å²) in [4.78, 5) is 38.9. The largest absolute Gasteiger partial charge is 0.435 e. The van der Waals surface area contributed by atoms with Crippen molar-refractivity contribution in [3.8, 4) is 11.3 Å². The number of hydrogen-bond donors (Lipinski definition) is 4. The number of aliphatic hydroxyl groups is 2. The topological polar surface area (TPSA) is 165 Å². The number of nitrogens with zero attached hydrogens (tertiary/aromatic N) is 3. The summed E-state index contributed by atoms with van der Waals surface area (Å²) < 4.78 is 17.7. The first-order chi connectivity index (χ1) is 22.4. The van der Waals surface area contributed by atoms with Gasteiger partial charge in [-0.3, -0.25) is 14.6 Å². The third-order valence-electron chi connectivity index (χ3n) is 9.97. The quantitative estimate of drug-likeness (QED) is 0.241. The lowest BCUT2D eigenvalue weighted by molar-refractivity contribution is -0.403. The van der Waals surface area contributed by atoms with Gasteiger partial charge in [0.05, 0.1) is 12.1 Å². The number of aromatic nitrogens is 3. The van der Waals surface area contributed by atoms with Gasteiger partial charge in [0.2, 0.25) is 18.1 Å². The Balaban J connectivity index is 1.05. The van der Waals surface area contributed by atoms with Crippen molar-refractivity contribution in [3.05, 3.63) is 60.6 Å². The van der Waals surface area contributed by atoms with Crippen molar-refractivity contribution in [2.24, 2.45) is 23.7 Å². The molecule has 4 heterocycles. The molecular formula is C35H43N5O7. The number of pyridine rings is 1. The van der Waals surface area contributed by atoms with Crippen molar-refractivity contribution in [2.45, 2.75) is 90.2 Å². The zero-order valence-electron chi connectivity index (χ0n) is 27.2. The predicted molar refractivity (Wildman–Crippen MR) is 173 cm³/mol. The van der Waals surface area contributed by atoms with E-state index in [9.17, 15) is 19.8 Å². The van der Waals surface area contributed by atoms with Gasteiger partial charge in [0.15, 0.2) is 12.1 Å². The van der Waals surface area contributed by atoms with E-state index in [4.69, 9.17) is 14.2 Å². The second kappa shape index (κ2) is 13.3. The SMILES string of the molecule is Cc1ccc(NC(=O)CCC(=O)O[C@H]2O[C@@H]3O[C@](C)(O)CC[C@H]4[C@H](C)CC[C@@H]([C@H]2C)[C@@]34O)cc1Nc1nccc(-c2cccnc2)n1. The summed E-state index contributed by atoms with van der Waals surface area (Å²) in [6.45, 7) is 7.52. The average molecular weight is 646 g/mol. The van der Waals surface area contributed by atoms with Crippen LogP contribution in [-0.4, -0.2) is 61.0 Å². The van der Waals surface area contributed by atoms with Gasteiger partial charge in [-0.1, -0.05) is 19.9 Å². The van der Waals surface area contributed by atoms with E-state index in [1.165, 1.54) is 0 Å².